The Hall–Kier alpha value is -1.22. The SMILES string of the molecule is CCOc1ccccc1NC1CCCN(C)C1. The van der Waals surface area contributed by atoms with Crippen LogP contribution in [0.3, 0.4) is 0 Å². The van der Waals surface area contributed by atoms with E-state index >= 15 is 0 Å². The standard InChI is InChI=1S/C14H22N2O/c1-3-17-14-9-5-4-8-13(14)15-12-7-6-10-16(2)11-12/h4-5,8-9,12,15H,3,6-7,10-11H2,1-2H3. The van der Waals surface area contributed by atoms with Gasteiger partial charge in [-0.3, -0.25) is 0 Å². The van der Waals surface area contributed by atoms with Gasteiger partial charge in [-0.25, -0.2) is 0 Å². The first kappa shape index (κ1) is 12.2. The number of nitrogens with one attached hydrogen (secondary N) is 1. The van der Waals surface area contributed by atoms with Crippen molar-refractivity contribution >= 4 is 5.69 Å². The van der Waals surface area contributed by atoms with E-state index in [0.29, 0.717) is 12.6 Å². The van der Waals surface area contributed by atoms with Crippen LogP contribution in [0.4, 0.5) is 5.69 Å². The van der Waals surface area contributed by atoms with Crippen LogP contribution in [0.1, 0.15) is 19.8 Å². The van der Waals surface area contributed by atoms with Crippen molar-refractivity contribution in [1.29, 1.82) is 0 Å². The van der Waals surface area contributed by atoms with E-state index in [4.69, 9.17) is 4.74 Å². The zero-order valence-corrected chi connectivity index (χ0v) is 10.8. The van der Waals surface area contributed by atoms with Crippen LogP contribution in [0.2, 0.25) is 0 Å². The lowest BCUT2D eigenvalue weighted by molar-refractivity contribution is 0.260. The lowest BCUT2D eigenvalue weighted by Gasteiger charge is -2.31. The predicted molar refractivity (Wildman–Crippen MR) is 71.8 cm³/mol. The number of ether oxygens (including phenoxy) is 1. The lowest BCUT2D eigenvalue weighted by atomic mass is 10.1. The fourth-order valence-corrected chi connectivity index (χ4v) is 2.37. The van der Waals surface area contributed by atoms with E-state index in [1.807, 2.05) is 19.1 Å². The first-order valence-electron chi connectivity index (χ1n) is 6.46. The molecule has 2 rings (SSSR count). The van der Waals surface area contributed by atoms with Gasteiger partial charge in [0, 0.05) is 12.6 Å². The van der Waals surface area contributed by atoms with Crippen molar-refractivity contribution < 1.29 is 4.74 Å². The van der Waals surface area contributed by atoms with Gasteiger partial charge in [-0.2, -0.15) is 0 Å². The van der Waals surface area contributed by atoms with Crippen molar-refractivity contribution in [2.75, 3.05) is 32.1 Å². The van der Waals surface area contributed by atoms with Crippen molar-refractivity contribution in [1.82, 2.24) is 4.90 Å². The highest BCUT2D eigenvalue weighted by Gasteiger charge is 2.17. The summed E-state index contributed by atoms with van der Waals surface area (Å²) in [6.45, 7) is 5.06. The molecule has 1 aliphatic heterocycles. The monoisotopic (exact) mass is 234 g/mol. The van der Waals surface area contributed by atoms with Gasteiger partial charge in [0.15, 0.2) is 0 Å². The van der Waals surface area contributed by atoms with E-state index in [9.17, 15) is 0 Å². The second kappa shape index (κ2) is 5.92. The maximum absolute atomic E-state index is 5.63. The third-order valence-electron chi connectivity index (χ3n) is 3.17. The zero-order valence-electron chi connectivity index (χ0n) is 10.8. The average Bonchev–Trinajstić information content (AvgIpc) is 2.32. The summed E-state index contributed by atoms with van der Waals surface area (Å²) < 4.78 is 5.63. The second-order valence-electron chi connectivity index (χ2n) is 4.67. The van der Waals surface area contributed by atoms with Crippen LogP contribution >= 0.6 is 0 Å². The molecule has 1 aliphatic rings. The molecule has 1 unspecified atom stereocenters. The minimum absolute atomic E-state index is 0.537. The molecule has 3 heteroatoms. The van der Waals surface area contributed by atoms with Gasteiger partial charge in [-0.15, -0.1) is 0 Å². The molecule has 94 valence electrons. The van der Waals surface area contributed by atoms with Gasteiger partial charge in [0.25, 0.3) is 0 Å². The van der Waals surface area contributed by atoms with Crippen LogP contribution in [-0.2, 0) is 0 Å². The quantitative estimate of drug-likeness (QED) is 0.866. The fourth-order valence-electron chi connectivity index (χ4n) is 2.37. The molecule has 3 nitrogen and oxygen atoms in total. The smallest absolute Gasteiger partial charge is 0.142 e. The number of likely N-dealkylation sites (N-methyl/N-ethyl adjacent to an activating group) is 1. The first-order valence-corrected chi connectivity index (χ1v) is 6.46. The van der Waals surface area contributed by atoms with E-state index in [1.165, 1.54) is 19.4 Å². The number of anilines is 1. The Morgan fingerprint density at radius 1 is 1.41 bits per heavy atom. The molecule has 0 bridgehead atoms. The molecular formula is C14H22N2O. The Labute approximate surface area is 104 Å². The van der Waals surface area contributed by atoms with Crippen molar-refractivity contribution in [2.45, 2.75) is 25.8 Å². The minimum Gasteiger partial charge on any atom is -0.492 e. The van der Waals surface area contributed by atoms with Crippen molar-refractivity contribution in [3.8, 4) is 5.75 Å². The van der Waals surface area contributed by atoms with E-state index < -0.39 is 0 Å². The summed E-state index contributed by atoms with van der Waals surface area (Å²) in [5.74, 6) is 0.961. The molecule has 17 heavy (non-hydrogen) atoms. The molecule has 1 fully saturated rings. The summed E-state index contributed by atoms with van der Waals surface area (Å²) in [5.41, 5.74) is 1.12. The van der Waals surface area contributed by atoms with Crippen LogP contribution in [0.5, 0.6) is 5.75 Å². The summed E-state index contributed by atoms with van der Waals surface area (Å²) in [6, 6.07) is 8.73. The second-order valence-corrected chi connectivity index (χ2v) is 4.67. The third kappa shape index (κ3) is 3.37. The number of benzene rings is 1. The molecule has 0 aromatic heterocycles. The van der Waals surface area contributed by atoms with E-state index in [1.54, 1.807) is 0 Å². The molecule has 0 aliphatic carbocycles. The molecule has 0 radical (unpaired) electrons. The zero-order chi connectivity index (χ0) is 12.1. The van der Waals surface area contributed by atoms with Gasteiger partial charge in [0.05, 0.1) is 12.3 Å². The molecule has 0 amide bonds. The highest BCUT2D eigenvalue weighted by Crippen LogP contribution is 2.25. The molecule has 1 N–H and O–H groups in total. The Bertz CT molecular complexity index is 354. The topological polar surface area (TPSA) is 24.5 Å². The summed E-state index contributed by atoms with van der Waals surface area (Å²) in [7, 11) is 2.18. The molecular weight excluding hydrogens is 212 g/mol. The average molecular weight is 234 g/mol. The number of hydrogen-bond acceptors (Lipinski definition) is 3. The number of hydrogen-bond donors (Lipinski definition) is 1. The van der Waals surface area contributed by atoms with Crippen LogP contribution in [0.25, 0.3) is 0 Å². The number of para-hydroxylation sites is 2. The van der Waals surface area contributed by atoms with E-state index in [0.717, 1.165) is 18.0 Å². The molecule has 0 saturated carbocycles. The Kier molecular flexibility index (Phi) is 4.26. The molecule has 1 aromatic carbocycles. The minimum atomic E-state index is 0.537. The van der Waals surface area contributed by atoms with Crippen LogP contribution in [-0.4, -0.2) is 37.7 Å². The van der Waals surface area contributed by atoms with Crippen LogP contribution in [0.15, 0.2) is 24.3 Å². The normalized spacial score (nSPS) is 21.2. The molecule has 1 heterocycles. The van der Waals surface area contributed by atoms with Gasteiger partial charge in [-0.05, 0) is 45.5 Å². The molecule has 1 saturated heterocycles. The lowest BCUT2D eigenvalue weighted by Crippen LogP contribution is -2.39. The van der Waals surface area contributed by atoms with Crippen LogP contribution < -0.4 is 10.1 Å². The number of likely N-dealkylation sites (tertiary alicyclic amines) is 1. The van der Waals surface area contributed by atoms with Gasteiger partial charge in [0.2, 0.25) is 0 Å². The number of rotatable bonds is 4. The molecule has 1 aromatic rings. The summed E-state index contributed by atoms with van der Waals surface area (Å²) >= 11 is 0. The van der Waals surface area contributed by atoms with E-state index in [2.05, 4.69) is 29.4 Å². The number of piperidine rings is 1. The van der Waals surface area contributed by atoms with Crippen molar-refractivity contribution in [2.24, 2.45) is 0 Å². The molecule has 0 spiro atoms. The van der Waals surface area contributed by atoms with Crippen LogP contribution in [0, 0.1) is 0 Å². The summed E-state index contributed by atoms with van der Waals surface area (Å²) in [5, 5.41) is 3.60. The largest absolute Gasteiger partial charge is 0.492 e. The Balaban J connectivity index is 2.01. The van der Waals surface area contributed by atoms with E-state index in [-0.39, 0.29) is 0 Å². The fraction of sp³-hybridized carbons (Fsp3) is 0.571. The van der Waals surface area contributed by atoms with Gasteiger partial charge in [-0.1, -0.05) is 12.1 Å². The predicted octanol–water partition coefficient (Wildman–Crippen LogP) is 2.59. The van der Waals surface area contributed by atoms with Gasteiger partial charge >= 0.3 is 0 Å². The molecule has 1 atom stereocenters. The summed E-state index contributed by atoms with van der Waals surface area (Å²) in [6.07, 6.45) is 2.51. The maximum atomic E-state index is 5.63. The first-order chi connectivity index (χ1) is 8.29. The maximum Gasteiger partial charge on any atom is 0.142 e. The van der Waals surface area contributed by atoms with Crippen molar-refractivity contribution in [3.05, 3.63) is 24.3 Å². The van der Waals surface area contributed by atoms with Gasteiger partial charge in [0.1, 0.15) is 5.75 Å². The Morgan fingerprint density at radius 2 is 2.24 bits per heavy atom. The highest BCUT2D eigenvalue weighted by atomic mass is 16.5. The third-order valence-corrected chi connectivity index (χ3v) is 3.17. The summed E-state index contributed by atoms with van der Waals surface area (Å²) in [4.78, 5) is 2.38. The number of nitrogens with zero attached hydrogens (tertiary/aromatic N) is 1. The Morgan fingerprint density at radius 3 is 3.00 bits per heavy atom. The highest BCUT2D eigenvalue weighted by molar-refractivity contribution is 5.56. The van der Waals surface area contributed by atoms with Gasteiger partial charge < -0.3 is 15.0 Å². The van der Waals surface area contributed by atoms with Crippen molar-refractivity contribution in [3.63, 3.8) is 0 Å².